The molecular formula is C24H24ClN5O. The third-order valence-electron chi connectivity index (χ3n) is 6.59. The Hall–Kier alpha value is -2.96. The second kappa shape index (κ2) is 7.32. The van der Waals surface area contributed by atoms with Crippen LogP contribution >= 0.6 is 12.4 Å². The van der Waals surface area contributed by atoms with Crippen LogP contribution in [0.15, 0.2) is 53.6 Å². The Balaban J connectivity index is 0.00000204. The first-order chi connectivity index (χ1) is 14.6. The summed E-state index contributed by atoms with van der Waals surface area (Å²) in [4.78, 5) is 22.2. The lowest BCUT2D eigenvalue weighted by Gasteiger charge is -2.22. The summed E-state index contributed by atoms with van der Waals surface area (Å²) in [7, 11) is 2.09. The minimum absolute atomic E-state index is 0. The van der Waals surface area contributed by atoms with Gasteiger partial charge >= 0.3 is 0 Å². The maximum atomic E-state index is 12.9. The van der Waals surface area contributed by atoms with Gasteiger partial charge in [0.2, 0.25) is 0 Å². The molecule has 4 aromatic heterocycles. The van der Waals surface area contributed by atoms with Crippen molar-refractivity contribution in [3.63, 3.8) is 0 Å². The molecule has 2 atom stereocenters. The standard InChI is InChI=1S/C24H23N5O.ClH/c1-14-3-6-18(25-13-14)15-9-10-29(22(30)11-15)21-8-5-17-23-19-7-4-16(26-19)12-20(23)28(2)24(17)27-21;/h3,5-6,8-11,13,16,19,26H,4,7,12H2,1-2H3;1H. The van der Waals surface area contributed by atoms with Crippen molar-refractivity contribution in [1.29, 1.82) is 0 Å². The van der Waals surface area contributed by atoms with Crippen molar-refractivity contribution in [2.45, 2.75) is 38.3 Å². The summed E-state index contributed by atoms with van der Waals surface area (Å²) in [6.45, 7) is 2.00. The number of nitrogens with one attached hydrogen (secondary N) is 1. The molecule has 0 radical (unpaired) electrons. The monoisotopic (exact) mass is 433 g/mol. The molecule has 4 aromatic rings. The first-order valence-electron chi connectivity index (χ1n) is 10.5. The topological polar surface area (TPSA) is 64.7 Å². The fraction of sp³-hybridized carbons (Fsp3) is 0.292. The van der Waals surface area contributed by atoms with E-state index < -0.39 is 0 Å². The highest BCUT2D eigenvalue weighted by atomic mass is 35.5. The molecule has 158 valence electrons. The summed E-state index contributed by atoms with van der Waals surface area (Å²) in [5.41, 5.74) is 6.32. The van der Waals surface area contributed by atoms with Crippen molar-refractivity contribution in [1.82, 2.24) is 24.4 Å². The SMILES string of the molecule is Cc1ccc(-c2ccn(-c3ccc4c5c(n(C)c4n3)CC3CCC5N3)c(=O)c2)nc1.Cl. The van der Waals surface area contributed by atoms with Gasteiger partial charge in [-0.05, 0) is 55.2 Å². The van der Waals surface area contributed by atoms with Crippen LogP contribution in [0.25, 0.3) is 28.1 Å². The second-order valence-electron chi connectivity index (χ2n) is 8.50. The highest BCUT2D eigenvalue weighted by Gasteiger charge is 2.36. The third-order valence-corrected chi connectivity index (χ3v) is 6.59. The summed E-state index contributed by atoms with van der Waals surface area (Å²) in [6, 6.07) is 12.6. The van der Waals surface area contributed by atoms with Crippen LogP contribution in [0, 0.1) is 6.92 Å². The number of pyridine rings is 3. The Kier molecular flexibility index (Phi) is 4.72. The minimum atomic E-state index is -0.110. The maximum Gasteiger partial charge on any atom is 0.256 e. The Bertz CT molecular complexity index is 1360. The highest BCUT2D eigenvalue weighted by Crippen LogP contribution is 2.41. The van der Waals surface area contributed by atoms with Gasteiger partial charge in [-0.15, -0.1) is 12.4 Å². The number of aromatic nitrogens is 4. The van der Waals surface area contributed by atoms with Crippen molar-refractivity contribution >= 4 is 23.4 Å². The normalized spacial score (nSPS) is 19.3. The summed E-state index contributed by atoms with van der Waals surface area (Å²) in [6.07, 6.45) is 7.08. The van der Waals surface area contributed by atoms with Crippen LogP contribution in [-0.2, 0) is 13.5 Å². The summed E-state index contributed by atoms with van der Waals surface area (Å²) < 4.78 is 3.82. The molecule has 6 heterocycles. The summed E-state index contributed by atoms with van der Waals surface area (Å²) >= 11 is 0. The van der Waals surface area contributed by atoms with Gasteiger partial charge in [-0.1, -0.05) is 6.07 Å². The van der Waals surface area contributed by atoms with E-state index in [1.807, 2.05) is 37.4 Å². The molecule has 2 unspecified atom stereocenters. The zero-order valence-electron chi connectivity index (χ0n) is 17.5. The van der Waals surface area contributed by atoms with Crippen molar-refractivity contribution in [2.75, 3.05) is 0 Å². The van der Waals surface area contributed by atoms with Gasteiger partial charge in [0.1, 0.15) is 11.5 Å². The molecule has 6 rings (SSSR count). The van der Waals surface area contributed by atoms with E-state index in [2.05, 4.69) is 28.0 Å². The van der Waals surface area contributed by atoms with Gasteiger partial charge in [0.15, 0.2) is 0 Å². The van der Waals surface area contributed by atoms with Gasteiger partial charge in [-0.2, -0.15) is 0 Å². The Morgan fingerprint density at radius 1 is 1.13 bits per heavy atom. The van der Waals surface area contributed by atoms with Crippen LogP contribution in [0.2, 0.25) is 0 Å². The fourth-order valence-electron chi connectivity index (χ4n) is 5.05. The van der Waals surface area contributed by atoms with Gasteiger partial charge in [0, 0.05) is 60.7 Å². The average molecular weight is 434 g/mol. The molecule has 7 heteroatoms. The number of fused-ring (bicyclic) bond motifs is 6. The molecule has 0 amide bonds. The predicted molar refractivity (Wildman–Crippen MR) is 124 cm³/mol. The van der Waals surface area contributed by atoms with Crippen molar-refractivity contribution in [3.05, 3.63) is 76.0 Å². The van der Waals surface area contributed by atoms with E-state index in [0.717, 1.165) is 28.9 Å². The molecule has 0 spiro atoms. The van der Waals surface area contributed by atoms with Gasteiger partial charge in [-0.3, -0.25) is 14.3 Å². The Labute approximate surface area is 186 Å². The van der Waals surface area contributed by atoms with Crippen LogP contribution in [0.4, 0.5) is 0 Å². The van der Waals surface area contributed by atoms with Crippen molar-refractivity contribution < 1.29 is 0 Å². The molecule has 2 aliphatic heterocycles. The first-order valence-corrected chi connectivity index (χ1v) is 10.5. The largest absolute Gasteiger partial charge is 0.332 e. The summed E-state index contributed by atoms with van der Waals surface area (Å²) in [5.74, 6) is 0.645. The van der Waals surface area contributed by atoms with E-state index in [-0.39, 0.29) is 18.0 Å². The number of rotatable bonds is 2. The molecule has 0 saturated carbocycles. The maximum absolute atomic E-state index is 12.9. The fourth-order valence-corrected chi connectivity index (χ4v) is 5.05. The van der Waals surface area contributed by atoms with Gasteiger partial charge in [0.05, 0.1) is 5.69 Å². The van der Waals surface area contributed by atoms with Gasteiger partial charge < -0.3 is 9.88 Å². The molecule has 31 heavy (non-hydrogen) atoms. The lowest BCUT2D eigenvalue weighted by Crippen LogP contribution is -2.32. The molecular weight excluding hydrogens is 410 g/mol. The molecule has 0 aromatic carbocycles. The average Bonchev–Trinajstić information content (AvgIpc) is 3.27. The number of hydrogen-bond acceptors (Lipinski definition) is 4. The van der Waals surface area contributed by atoms with Crippen molar-refractivity contribution in [2.24, 2.45) is 7.05 Å². The van der Waals surface area contributed by atoms with E-state index >= 15 is 0 Å². The number of nitrogens with zero attached hydrogens (tertiary/aromatic N) is 4. The lowest BCUT2D eigenvalue weighted by atomic mass is 10.00. The van der Waals surface area contributed by atoms with Crippen LogP contribution in [0.3, 0.4) is 0 Å². The second-order valence-corrected chi connectivity index (χ2v) is 8.50. The molecule has 0 aliphatic carbocycles. The quantitative estimate of drug-likeness (QED) is 0.521. The first kappa shape index (κ1) is 20.0. The highest BCUT2D eigenvalue weighted by molar-refractivity contribution is 5.85. The predicted octanol–water partition coefficient (Wildman–Crippen LogP) is 3.87. The lowest BCUT2D eigenvalue weighted by molar-refractivity contribution is 0.503. The molecule has 1 fully saturated rings. The van der Waals surface area contributed by atoms with E-state index in [9.17, 15) is 4.79 Å². The van der Waals surface area contributed by atoms with Crippen LogP contribution in [-0.4, -0.2) is 25.1 Å². The van der Waals surface area contributed by atoms with Gasteiger partial charge in [-0.25, -0.2) is 4.98 Å². The van der Waals surface area contributed by atoms with Crippen molar-refractivity contribution in [3.8, 4) is 17.1 Å². The Morgan fingerprint density at radius 3 is 2.77 bits per heavy atom. The van der Waals surface area contributed by atoms with E-state index in [1.54, 1.807) is 16.8 Å². The molecule has 1 saturated heterocycles. The van der Waals surface area contributed by atoms with Crippen LogP contribution < -0.4 is 10.9 Å². The number of hydrogen-bond donors (Lipinski definition) is 1. The zero-order chi connectivity index (χ0) is 20.4. The van der Waals surface area contributed by atoms with Crippen LogP contribution in [0.1, 0.15) is 35.7 Å². The third kappa shape index (κ3) is 3.09. The minimum Gasteiger partial charge on any atom is -0.332 e. The number of aryl methyl sites for hydroxylation is 2. The van der Waals surface area contributed by atoms with E-state index in [4.69, 9.17) is 4.98 Å². The zero-order valence-corrected chi connectivity index (χ0v) is 18.3. The summed E-state index contributed by atoms with van der Waals surface area (Å²) in [5, 5.41) is 4.93. The Morgan fingerprint density at radius 2 is 2.00 bits per heavy atom. The van der Waals surface area contributed by atoms with E-state index in [0.29, 0.717) is 17.9 Å². The smallest absolute Gasteiger partial charge is 0.256 e. The molecule has 1 N–H and O–H groups in total. The molecule has 6 nitrogen and oxygen atoms in total. The molecule has 2 bridgehead atoms. The number of halogens is 1. The molecule has 2 aliphatic rings. The van der Waals surface area contributed by atoms with Crippen LogP contribution in [0.5, 0.6) is 0 Å². The van der Waals surface area contributed by atoms with Gasteiger partial charge in [0.25, 0.3) is 5.56 Å². The van der Waals surface area contributed by atoms with E-state index in [1.165, 1.54) is 29.5 Å².